The van der Waals surface area contributed by atoms with Crippen LogP contribution in [0, 0.1) is 5.92 Å². The van der Waals surface area contributed by atoms with E-state index in [0.717, 1.165) is 12.8 Å². The fourth-order valence-electron chi connectivity index (χ4n) is 1.57. The normalized spacial score (nSPS) is 11.9. The van der Waals surface area contributed by atoms with E-state index in [9.17, 15) is 4.79 Å². The van der Waals surface area contributed by atoms with Crippen LogP contribution in [0.3, 0.4) is 0 Å². The van der Waals surface area contributed by atoms with Crippen molar-refractivity contribution in [3.63, 3.8) is 0 Å². The van der Waals surface area contributed by atoms with Crippen LogP contribution in [0.1, 0.15) is 30.1 Å². The first-order valence-corrected chi connectivity index (χ1v) is 6.58. The molecule has 18 heavy (non-hydrogen) atoms. The molecule has 1 unspecified atom stereocenters. The standard InChI is InChI=1S/C14H19ClO3/c1-11(7-9-15)8-10-18-13-6-4-3-5-12(13)14(16)17-2/h3-6,11H,7-10H2,1-2H3. The quantitative estimate of drug-likeness (QED) is 0.562. The van der Waals surface area contributed by atoms with Gasteiger partial charge in [0.25, 0.3) is 0 Å². The van der Waals surface area contributed by atoms with Crippen LogP contribution in [0.2, 0.25) is 0 Å². The molecule has 1 aromatic rings. The van der Waals surface area contributed by atoms with Crippen LogP contribution in [0.25, 0.3) is 0 Å². The van der Waals surface area contributed by atoms with E-state index in [4.69, 9.17) is 21.1 Å². The molecule has 0 aromatic heterocycles. The summed E-state index contributed by atoms with van der Waals surface area (Å²) >= 11 is 5.68. The smallest absolute Gasteiger partial charge is 0.341 e. The molecule has 1 aromatic carbocycles. The van der Waals surface area contributed by atoms with E-state index in [1.807, 2.05) is 6.07 Å². The van der Waals surface area contributed by atoms with Crippen molar-refractivity contribution in [2.75, 3.05) is 19.6 Å². The van der Waals surface area contributed by atoms with Crippen molar-refractivity contribution in [1.29, 1.82) is 0 Å². The lowest BCUT2D eigenvalue weighted by Gasteiger charge is -2.12. The predicted octanol–water partition coefficient (Wildman–Crippen LogP) is 3.51. The first kappa shape index (κ1) is 14.8. The Labute approximate surface area is 113 Å². The highest BCUT2D eigenvalue weighted by Crippen LogP contribution is 2.19. The molecule has 0 bridgehead atoms. The molecule has 0 saturated carbocycles. The number of para-hydroxylation sites is 1. The summed E-state index contributed by atoms with van der Waals surface area (Å²) in [6.45, 7) is 2.71. The van der Waals surface area contributed by atoms with Crippen LogP contribution < -0.4 is 4.74 Å². The Morgan fingerprint density at radius 3 is 2.72 bits per heavy atom. The fourth-order valence-corrected chi connectivity index (χ4v) is 1.94. The van der Waals surface area contributed by atoms with Crippen molar-refractivity contribution < 1.29 is 14.3 Å². The zero-order chi connectivity index (χ0) is 13.4. The van der Waals surface area contributed by atoms with Gasteiger partial charge in [-0.25, -0.2) is 4.79 Å². The molecular formula is C14H19ClO3. The van der Waals surface area contributed by atoms with Gasteiger partial charge in [-0.1, -0.05) is 19.1 Å². The fraction of sp³-hybridized carbons (Fsp3) is 0.500. The Hall–Kier alpha value is -1.22. The summed E-state index contributed by atoms with van der Waals surface area (Å²) in [4.78, 5) is 11.5. The highest BCUT2D eigenvalue weighted by atomic mass is 35.5. The summed E-state index contributed by atoms with van der Waals surface area (Å²) in [5.41, 5.74) is 0.463. The van der Waals surface area contributed by atoms with E-state index in [1.54, 1.807) is 18.2 Å². The molecule has 1 rings (SSSR count). The molecule has 0 aliphatic rings. The molecule has 0 saturated heterocycles. The molecule has 0 heterocycles. The van der Waals surface area contributed by atoms with Crippen molar-refractivity contribution in [3.8, 4) is 5.75 Å². The van der Waals surface area contributed by atoms with Crippen LogP contribution in [0.5, 0.6) is 5.75 Å². The first-order valence-electron chi connectivity index (χ1n) is 6.05. The second-order valence-corrected chi connectivity index (χ2v) is 4.59. The van der Waals surface area contributed by atoms with E-state index in [2.05, 4.69) is 6.92 Å². The molecule has 0 spiro atoms. The van der Waals surface area contributed by atoms with E-state index in [-0.39, 0.29) is 5.97 Å². The van der Waals surface area contributed by atoms with Crippen molar-refractivity contribution in [3.05, 3.63) is 29.8 Å². The molecule has 0 N–H and O–H groups in total. The summed E-state index contributed by atoms with van der Waals surface area (Å²) in [5, 5.41) is 0. The van der Waals surface area contributed by atoms with Gasteiger partial charge in [0.1, 0.15) is 11.3 Å². The lowest BCUT2D eigenvalue weighted by molar-refractivity contribution is 0.0596. The van der Waals surface area contributed by atoms with Gasteiger partial charge in [-0.2, -0.15) is 0 Å². The molecule has 0 fully saturated rings. The number of halogens is 1. The maximum atomic E-state index is 11.5. The van der Waals surface area contributed by atoms with Gasteiger partial charge < -0.3 is 9.47 Å². The van der Waals surface area contributed by atoms with E-state index in [0.29, 0.717) is 29.7 Å². The highest BCUT2D eigenvalue weighted by Gasteiger charge is 2.12. The molecular weight excluding hydrogens is 252 g/mol. The van der Waals surface area contributed by atoms with E-state index in [1.165, 1.54) is 7.11 Å². The van der Waals surface area contributed by atoms with Crippen LogP contribution in [-0.2, 0) is 4.74 Å². The minimum Gasteiger partial charge on any atom is -0.493 e. The second kappa shape index (κ2) is 7.98. The number of esters is 1. The summed E-state index contributed by atoms with van der Waals surface area (Å²) < 4.78 is 10.3. The van der Waals surface area contributed by atoms with E-state index < -0.39 is 0 Å². The number of hydrogen-bond donors (Lipinski definition) is 0. The van der Waals surface area contributed by atoms with Crippen LogP contribution in [0.15, 0.2) is 24.3 Å². The summed E-state index contributed by atoms with van der Waals surface area (Å²) in [6, 6.07) is 7.10. The molecule has 0 aliphatic carbocycles. The monoisotopic (exact) mass is 270 g/mol. The number of carbonyl (C=O) groups excluding carboxylic acids is 1. The van der Waals surface area contributed by atoms with Gasteiger partial charge >= 0.3 is 5.97 Å². The summed E-state index contributed by atoms with van der Waals surface area (Å²) in [5.74, 6) is 1.38. The number of carbonyl (C=O) groups is 1. The number of ether oxygens (including phenoxy) is 2. The maximum absolute atomic E-state index is 11.5. The molecule has 0 aliphatic heterocycles. The SMILES string of the molecule is COC(=O)c1ccccc1OCCC(C)CCCl. The molecule has 1 atom stereocenters. The largest absolute Gasteiger partial charge is 0.493 e. The Balaban J connectivity index is 2.54. The van der Waals surface area contributed by atoms with Gasteiger partial charge in [-0.3, -0.25) is 0 Å². The lowest BCUT2D eigenvalue weighted by atomic mass is 10.1. The maximum Gasteiger partial charge on any atom is 0.341 e. The third kappa shape index (κ3) is 4.57. The molecule has 100 valence electrons. The average molecular weight is 271 g/mol. The first-order chi connectivity index (χ1) is 8.69. The molecule has 3 nitrogen and oxygen atoms in total. The van der Waals surface area contributed by atoms with Crippen LogP contribution in [-0.4, -0.2) is 25.6 Å². The zero-order valence-corrected chi connectivity index (χ0v) is 11.6. The van der Waals surface area contributed by atoms with Gasteiger partial charge in [-0.05, 0) is 30.9 Å². The number of benzene rings is 1. The second-order valence-electron chi connectivity index (χ2n) is 4.21. The Kier molecular flexibility index (Phi) is 6.58. The topological polar surface area (TPSA) is 35.5 Å². The average Bonchev–Trinajstić information content (AvgIpc) is 2.39. The Bertz CT molecular complexity index is 379. The summed E-state index contributed by atoms with van der Waals surface area (Å²) in [6.07, 6.45) is 1.89. The van der Waals surface area contributed by atoms with Gasteiger partial charge in [0, 0.05) is 5.88 Å². The van der Waals surface area contributed by atoms with Crippen molar-refractivity contribution in [1.82, 2.24) is 0 Å². The number of rotatable bonds is 7. The minimum atomic E-state index is -0.376. The highest BCUT2D eigenvalue weighted by molar-refractivity contribution is 6.17. The van der Waals surface area contributed by atoms with Crippen molar-refractivity contribution in [2.24, 2.45) is 5.92 Å². The third-order valence-electron chi connectivity index (χ3n) is 2.76. The Morgan fingerprint density at radius 2 is 2.06 bits per heavy atom. The molecule has 0 radical (unpaired) electrons. The molecule has 0 amide bonds. The third-order valence-corrected chi connectivity index (χ3v) is 2.98. The van der Waals surface area contributed by atoms with Gasteiger partial charge in [0.05, 0.1) is 13.7 Å². The lowest BCUT2D eigenvalue weighted by Crippen LogP contribution is -2.09. The van der Waals surface area contributed by atoms with Crippen molar-refractivity contribution >= 4 is 17.6 Å². The van der Waals surface area contributed by atoms with Gasteiger partial charge in [0.2, 0.25) is 0 Å². The van der Waals surface area contributed by atoms with Crippen LogP contribution in [0.4, 0.5) is 0 Å². The van der Waals surface area contributed by atoms with Crippen molar-refractivity contribution in [2.45, 2.75) is 19.8 Å². The number of alkyl halides is 1. The van der Waals surface area contributed by atoms with Gasteiger partial charge in [-0.15, -0.1) is 11.6 Å². The predicted molar refractivity (Wildman–Crippen MR) is 72.4 cm³/mol. The number of methoxy groups -OCH3 is 1. The zero-order valence-electron chi connectivity index (χ0n) is 10.8. The molecule has 4 heteroatoms. The van der Waals surface area contributed by atoms with E-state index >= 15 is 0 Å². The van der Waals surface area contributed by atoms with Crippen LogP contribution >= 0.6 is 11.6 Å². The number of hydrogen-bond acceptors (Lipinski definition) is 3. The Morgan fingerprint density at radius 1 is 1.33 bits per heavy atom. The van der Waals surface area contributed by atoms with Gasteiger partial charge in [0.15, 0.2) is 0 Å². The minimum absolute atomic E-state index is 0.376. The summed E-state index contributed by atoms with van der Waals surface area (Å²) in [7, 11) is 1.36.